The molecule has 0 aliphatic heterocycles. The largest absolute Gasteiger partial charge is 0.277 e. The smallest absolute Gasteiger partial charge is 0.253 e. The van der Waals surface area contributed by atoms with Gasteiger partial charge in [-0.3, -0.25) is 4.98 Å². The van der Waals surface area contributed by atoms with Gasteiger partial charge in [0.05, 0.1) is 11.6 Å². The zero-order chi connectivity index (χ0) is 11.3. The summed E-state index contributed by atoms with van der Waals surface area (Å²) in [5.74, 6) is 0. The lowest BCUT2D eigenvalue weighted by molar-refractivity contribution is 0.553. The van der Waals surface area contributed by atoms with Crippen molar-refractivity contribution >= 4 is 21.5 Å². The van der Waals surface area contributed by atoms with Gasteiger partial charge in [-0.2, -0.15) is 13.1 Å². The van der Waals surface area contributed by atoms with Crippen LogP contribution in [0, 0.1) is 0 Å². The van der Waals surface area contributed by atoms with Crippen LogP contribution < -0.4 is 9.44 Å². The molecule has 0 amide bonds. The fourth-order valence-electron chi connectivity index (χ4n) is 1.01. The average Bonchev–Trinajstić information content (AvgIpc) is 2.67. The average molecular weight is 249 g/mol. The SMILES string of the molecule is CCCNS(=O)(=O)N[C@@H](C)c1cncs1. The first-order chi connectivity index (χ1) is 7.05. The second-order valence-corrected chi connectivity index (χ2v) is 5.59. The lowest BCUT2D eigenvalue weighted by Crippen LogP contribution is -2.38. The number of nitrogens with zero attached hydrogens (tertiary/aromatic N) is 1. The molecule has 1 heterocycles. The van der Waals surface area contributed by atoms with Crippen LogP contribution >= 0.6 is 11.3 Å². The second-order valence-electron chi connectivity index (χ2n) is 3.14. The minimum absolute atomic E-state index is 0.244. The molecule has 0 spiro atoms. The zero-order valence-electron chi connectivity index (χ0n) is 8.73. The molecule has 1 atom stereocenters. The summed E-state index contributed by atoms with van der Waals surface area (Å²) in [5.41, 5.74) is 1.68. The molecule has 0 saturated heterocycles. The number of rotatable bonds is 6. The zero-order valence-corrected chi connectivity index (χ0v) is 10.4. The van der Waals surface area contributed by atoms with Gasteiger partial charge in [0, 0.05) is 17.6 Å². The molecule has 15 heavy (non-hydrogen) atoms. The van der Waals surface area contributed by atoms with E-state index in [-0.39, 0.29) is 6.04 Å². The molecule has 0 aliphatic rings. The van der Waals surface area contributed by atoms with Crippen molar-refractivity contribution in [1.29, 1.82) is 0 Å². The second kappa shape index (κ2) is 5.55. The molecule has 1 aromatic rings. The van der Waals surface area contributed by atoms with Gasteiger partial charge in [0.15, 0.2) is 0 Å². The van der Waals surface area contributed by atoms with Crippen molar-refractivity contribution in [2.45, 2.75) is 26.3 Å². The fourth-order valence-corrected chi connectivity index (χ4v) is 2.86. The van der Waals surface area contributed by atoms with Gasteiger partial charge in [-0.25, -0.2) is 4.72 Å². The Morgan fingerprint density at radius 3 is 2.87 bits per heavy atom. The number of aromatic nitrogens is 1. The summed E-state index contributed by atoms with van der Waals surface area (Å²) in [6.07, 6.45) is 2.44. The van der Waals surface area contributed by atoms with E-state index in [1.54, 1.807) is 18.6 Å². The summed E-state index contributed by atoms with van der Waals surface area (Å²) < 4.78 is 27.9. The first-order valence-electron chi connectivity index (χ1n) is 4.70. The summed E-state index contributed by atoms with van der Waals surface area (Å²) in [4.78, 5) is 4.80. The molecule has 0 aliphatic carbocycles. The lowest BCUT2D eigenvalue weighted by Gasteiger charge is -2.12. The van der Waals surface area contributed by atoms with Crippen LogP contribution in [0.2, 0.25) is 0 Å². The van der Waals surface area contributed by atoms with E-state index in [0.717, 1.165) is 11.3 Å². The summed E-state index contributed by atoms with van der Waals surface area (Å²) in [6.45, 7) is 4.15. The molecule has 7 heteroatoms. The standard InChI is InChI=1S/C8H15N3O2S2/c1-3-4-10-15(12,13)11-7(2)8-5-9-6-14-8/h5-7,10-11H,3-4H2,1-2H3/t7-/m0/s1. The Morgan fingerprint density at radius 1 is 1.60 bits per heavy atom. The summed E-state index contributed by atoms with van der Waals surface area (Å²) in [7, 11) is -3.39. The van der Waals surface area contributed by atoms with Gasteiger partial charge in [-0.05, 0) is 13.3 Å². The van der Waals surface area contributed by atoms with Crippen LogP contribution in [0.1, 0.15) is 31.2 Å². The Morgan fingerprint density at radius 2 is 2.33 bits per heavy atom. The van der Waals surface area contributed by atoms with Gasteiger partial charge in [-0.15, -0.1) is 11.3 Å². The third-order valence-electron chi connectivity index (χ3n) is 1.75. The van der Waals surface area contributed by atoms with Crippen LogP contribution in [0.5, 0.6) is 0 Å². The molecule has 1 rings (SSSR count). The van der Waals surface area contributed by atoms with E-state index >= 15 is 0 Å². The van der Waals surface area contributed by atoms with E-state index in [1.165, 1.54) is 11.3 Å². The van der Waals surface area contributed by atoms with Crippen molar-refractivity contribution in [3.63, 3.8) is 0 Å². The number of hydrogen-bond donors (Lipinski definition) is 2. The van der Waals surface area contributed by atoms with Crippen LogP contribution in [0.15, 0.2) is 11.7 Å². The van der Waals surface area contributed by atoms with Crippen LogP contribution in [0.4, 0.5) is 0 Å². The maximum atomic E-state index is 11.5. The molecular weight excluding hydrogens is 234 g/mol. The first-order valence-corrected chi connectivity index (χ1v) is 7.06. The monoisotopic (exact) mass is 249 g/mol. The van der Waals surface area contributed by atoms with E-state index in [0.29, 0.717) is 6.54 Å². The number of hydrogen-bond acceptors (Lipinski definition) is 4. The molecule has 1 aromatic heterocycles. The van der Waals surface area contributed by atoms with Gasteiger partial charge < -0.3 is 0 Å². The van der Waals surface area contributed by atoms with Crippen molar-refractivity contribution in [3.05, 3.63) is 16.6 Å². The normalized spacial score (nSPS) is 14.0. The molecule has 0 radical (unpaired) electrons. The lowest BCUT2D eigenvalue weighted by atomic mass is 10.3. The summed E-state index contributed by atoms with van der Waals surface area (Å²) in [5, 5.41) is 0. The van der Waals surface area contributed by atoms with Crippen LogP contribution in [0.3, 0.4) is 0 Å². The molecule has 0 fully saturated rings. The molecule has 86 valence electrons. The van der Waals surface area contributed by atoms with Crippen LogP contribution in [0.25, 0.3) is 0 Å². The maximum absolute atomic E-state index is 11.5. The van der Waals surface area contributed by atoms with Crippen molar-refractivity contribution in [2.24, 2.45) is 0 Å². The first kappa shape index (κ1) is 12.6. The van der Waals surface area contributed by atoms with E-state index in [9.17, 15) is 8.42 Å². The highest BCUT2D eigenvalue weighted by Gasteiger charge is 2.15. The minimum atomic E-state index is -3.39. The predicted octanol–water partition coefficient (Wildman–Crippen LogP) is 1.04. The van der Waals surface area contributed by atoms with E-state index in [2.05, 4.69) is 14.4 Å². The van der Waals surface area contributed by atoms with E-state index in [1.807, 2.05) is 6.92 Å². The van der Waals surface area contributed by atoms with Crippen molar-refractivity contribution in [3.8, 4) is 0 Å². The third kappa shape index (κ3) is 4.25. The van der Waals surface area contributed by atoms with E-state index in [4.69, 9.17) is 0 Å². The Balaban J connectivity index is 2.54. The Labute approximate surface area is 94.1 Å². The summed E-state index contributed by atoms with van der Waals surface area (Å²) >= 11 is 1.43. The van der Waals surface area contributed by atoms with Gasteiger partial charge in [0.2, 0.25) is 0 Å². The van der Waals surface area contributed by atoms with Gasteiger partial charge in [-0.1, -0.05) is 6.92 Å². The fraction of sp³-hybridized carbons (Fsp3) is 0.625. The molecule has 0 bridgehead atoms. The Hall–Kier alpha value is -0.500. The van der Waals surface area contributed by atoms with Gasteiger partial charge in [0.1, 0.15) is 0 Å². The van der Waals surface area contributed by atoms with Crippen LogP contribution in [-0.2, 0) is 10.2 Å². The van der Waals surface area contributed by atoms with Crippen LogP contribution in [-0.4, -0.2) is 19.9 Å². The number of nitrogens with one attached hydrogen (secondary N) is 2. The molecule has 0 saturated carbocycles. The van der Waals surface area contributed by atoms with E-state index < -0.39 is 10.2 Å². The highest BCUT2D eigenvalue weighted by atomic mass is 32.2. The van der Waals surface area contributed by atoms with Gasteiger partial charge in [0.25, 0.3) is 10.2 Å². The predicted molar refractivity (Wildman–Crippen MR) is 60.9 cm³/mol. The van der Waals surface area contributed by atoms with Crippen molar-refractivity contribution in [2.75, 3.05) is 6.54 Å². The molecule has 0 unspecified atom stereocenters. The van der Waals surface area contributed by atoms with Crippen molar-refractivity contribution < 1.29 is 8.42 Å². The topological polar surface area (TPSA) is 71.1 Å². The summed E-state index contributed by atoms with van der Waals surface area (Å²) in [6, 6.07) is -0.244. The maximum Gasteiger partial charge on any atom is 0.277 e. The number of thiazole rings is 1. The van der Waals surface area contributed by atoms with Crippen molar-refractivity contribution in [1.82, 2.24) is 14.4 Å². The molecular formula is C8H15N3O2S2. The molecule has 0 aromatic carbocycles. The third-order valence-corrected chi connectivity index (χ3v) is 3.96. The quantitative estimate of drug-likeness (QED) is 0.791. The molecule has 5 nitrogen and oxygen atoms in total. The highest BCUT2D eigenvalue weighted by Crippen LogP contribution is 2.16. The Bertz CT molecular complexity index is 375. The van der Waals surface area contributed by atoms with Gasteiger partial charge >= 0.3 is 0 Å². The molecule has 2 N–H and O–H groups in total. The highest BCUT2D eigenvalue weighted by molar-refractivity contribution is 7.87. The Kier molecular flexibility index (Phi) is 4.65. The minimum Gasteiger partial charge on any atom is -0.253 e.